The molecule has 2 N–H and O–H groups in total. The van der Waals surface area contributed by atoms with Gasteiger partial charge in [0.15, 0.2) is 5.69 Å². The van der Waals surface area contributed by atoms with E-state index in [1.54, 1.807) is 18.2 Å². The third-order valence-corrected chi connectivity index (χ3v) is 3.75. The summed E-state index contributed by atoms with van der Waals surface area (Å²) < 4.78 is 4.57. The highest BCUT2D eigenvalue weighted by Gasteiger charge is 2.17. The van der Waals surface area contributed by atoms with Crippen molar-refractivity contribution in [1.29, 1.82) is 0 Å². The van der Waals surface area contributed by atoms with Gasteiger partial charge in [0, 0.05) is 11.1 Å². The first-order valence-corrected chi connectivity index (χ1v) is 6.57. The van der Waals surface area contributed by atoms with Gasteiger partial charge in [-0.3, -0.25) is 0 Å². The van der Waals surface area contributed by atoms with Gasteiger partial charge in [0.25, 0.3) is 0 Å². The monoisotopic (exact) mass is 330 g/mol. The lowest BCUT2D eigenvalue weighted by atomic mass is 10.1. The Morgan fingerprint density at radius 2 is 1.80 bits per heavy atom. The van der Waals surface area contributed by atoms with Gasteiger partial charge in [-0.15, -0.1) is 0 Å². The number of ether oxygens (including phenoxy) is 1. The van der Waals surface area contributed by atoms with Crippen molar-refractivity contribution >= 4 is 46.6 Å². The lowest BCUT2D eigenvalue weighted by molar-refractivity contribution is 0.0594. The van der Waals surface area contributed by atoms with E-state index in [2.05, 4.69) is 9.72 Å². The van der Waals surface area contributed by atoms with Gasteiger partial charge in [-0.05, 0) is 24.3 Å². The van der Waals surface area contributed by atoms with Gasteiger partial charge in [0.2, 0.25) is 0 Å². The predicted octanol–water partition coefficient (Wildman–Crippen LogP) is 4.08. The molecule has 0 fully saturated rings. The minimum absolute atomic E-state index is 0.100. The second-order valence-corrected chi connectivity index (χ2v) is 5.03. The number of anilines is 1. The van der Waals surface area contributed by atoms with Gasteiger partial charge in [-0.25, -0.2) is 9.78 Å². The number of benzene rings is 1. The fourth-order valence-electron chi connectivity index (χ4n) is 1.68. The van der Waals surface area contributed by atoms with E-state index in [1.165, 1.54) is 13.2 Å². The average Bonchev–Trinajstić information content (AvgIpc) is 2.44. The van der Waals surface area contributed by atoms with Crippen LogP contribution in [0.1, 0.15) is 10.5 Å². The van der Waals surface area contributed by atoms with Crippen LogP contribution in [-0.4, -0.2) is 18.1 Å². The molecule has 2 aromatic rings. The van der Waals surface area contributed by atoms with Crippen molar-refractivity contribution in [3.05, 3.63) is 45.0 Å². The molecule has 104 valence electrons. The number of rotatable bonds is 2. The van der Waals surface area contributed by atoms with Gasteiger partial charge in [0.05, 0.1) is 22.2 Å². The van der Waals surface area contributed by atoms with Crippen LogP contribution >= 0.6 is 34.8 Å². The summed E-state index contributed by atoms with van der Waals surface area (Å²) in [5, 5.41) is 1.01. The van der Waals surface area contributed by atoms with Gasteiger partial charge >= 0.3 is 5.97 Å². The molecule has 0 unspecified atom stereocenters. The van der Waals surface area contributed by atoms with Crippen LogP contribution < -0.4 is 5.73 Å². The predicted molar refractivity (Wildman–Crippen MR) is 80.5 cm³/mol. The minimum atomic E-state index is -0.577. The molecule has 4 nitrogen and oxygen atoms in total. The normalized spacial score (nSPS) is 10.4. The summed E-state index contributed by atoms with van der Waals surface area (Å²) in [6.45, 7) is 0. The SMILES string of the molecule is COC(=O)c1ccc(-c2c(Cl)ccc(Cl)c2Cl)c(N)n1. The Morgan fingerprint density at radius 3 is 2.40 bits per heavy atom. The van der Waals surface area contributed by atoms with Crippen LogP contribution in [0.25, 0.3) is 11.1 Å². The summed E-state index contributed by atoms with van der Waals surface area (Å²) in [7, 11) is 1.26. The van der Waals surface area contributed by atoms with Crippen LogP contribution in [-0.2, 0) is 4.74 Å². The van der Waals surface area contributed by atoms with E-state index in [1.807, 2.05) is 0 Å². The van der Waals surface area contributed by atoms with Gasteiger partial charge in [-0.1, -0.05) is 34.8 Å². The Balaban J connectivity index is 2.60. The molecule has 0 saturated heterocycles. The number of carbonyl (C=O) groups is 1. The van der Waals surface area contributed by atoms with Crippen molar-refractivity contribution in [2.75, 3.05) is 12.8 Å². The van der Waals surface area contributed by atoms with Crippen molar-refractivity contribution in [1.82, 2.24) is 4.98 Å². The highest BCUT2D eigenvalue weighted by Crippen LogP contribution is 2.40. The Labute approximate surface area is 130 Å². The smallest absolute Gasteiger partial charge is 0.356 e. The van der Waals surface area contributed by atoms with Crippen LogP contribution in [0, 0.1) is 0 Å². The first-order chi connectivity index (χ1) is 9.45. The number of esters is 1. The molecular formula is C13H9Cl3N2O2. The fraction of sp³-hybridized carbons (Fsp3) is 0.0769. The van der Waals surface area contributed by atoms with E-state index < -0.39 is 5.97 Å². The number of nitrogens with two attached hydrogens (primary N) is 1. The number of carbonyl (C=O) groups excluding carboxylic acids is 1. The maximum atomic E-state index is 11.4. The summed E-state index contributed by atoms with van der Waals surface area (Å²) in [5.74, 6) is -0.467. The van der Waals surface area contributed by atoms with Crippen molar-refractivity contribution < 1.29 is 9.53 Å². The second kappa shape index (κ2) is 5.87. The van der Waals surface area contributed by atoms with Crippen LogP contribution in [0.15, 0.2) is 24.3 Å². The molecule has 0 bridgehead atoms. The third kappa shape index (κ3) is 2.68. The molecular weight excluding hydrogens is 323 g/mol. The van der Waals surface area contributed by atoms with E-state index in [4.69, 9.17) is 40.5 Å². The summed E-state index contributed by atoms with van der Waals surface area (Å²) in [6.07, 6.45) is 0. The van der Waals surface area contributed by atoms with Crippen molar-refractivity contribution in [3.63, 3.8) is 0 Å². The lowest BCUT2D eigenvalue weighted by Gasteiger charge is -2.11. The largest absolute Gasteiger partial charge is 0.464 e. The van der Waals surface area contributed by atoms with E-state index in [9.17, 15) is 4.79 Å². The molecule has 7 heteroatoms. The van der Waals surface area contributed by atoms with Gasteiger partial charge in [0.1, 0.15) is 5.82 Å². The van der Waals surface area contributed by atoms with Crippen LogP contribution in [0.2, 0.25) is 15.1 Å². The topological polar surface area (TPSA) is 65.2 Å². The number of halogens is 3. The number of nitrogen functional groups attached to an aromatic ring is 1. The Kier molecular flexibility index (Phi) is 4.38. The Bertz CT molecular complexity index is 690. The standard InChI is InChI=1S/C13H9Cl3N2O2/c1-20-13(19)9-5-2-6(12(17)18-9)10-7(14)3-4-8(15)11(10)16/h2-5H,1H3,(H2,17,18). The average molecular weight is 332 g/mol. The van der Waals surface area contributed by atoms with E-state index >= 15 is 0 Å². The molecule has 1 aromatic heterocycles. The molecule has 1 aromatic carbocycles. The molecule has 0 saturated carbocycles. The number of hydrogen-bond acceptors (Lipinski definition) is 4. The summed E-state index contributed by atoms with van der Waals surface area (Å²) in [6, 6.07) is 6.27. The molecule has 0 aliphatic heterocycles. The van der Waals surface area contributed by atoms with Crippen molar-refractivity contribution in [2.45, 2.75) is 0 Å². The summed E-state index contributed by atoms with van der Waals surface area (Å²) >= 11 is 18.2. The Hall–Kier alpha value is -1.49. The van der Waals surface area contributed by atoms with Crippen LogP contribution in [0.3, 0.4) is 0 Å². The molecule has 2 rings (SSSR count). The number of methoxy groups -OCH3 is 1. The quantitative estimate of drug-likeness (QED) is 0.665. The van der Waals surface area contributed by atoms with Crippen LogP contribution in [0.5, 0.6) is 0 Å². The fourth-order valence-corrected chi connectivity index (χ4v) is 2.41. The molecule has 0 spiro atoms. The lowest BCUT2D eigenvalue weighted by Crippen LogP contribution is -2.07. The minimum Gasteiger partial charge on any atom is -0.464 e. The zero-order valence-corrected chi connectivity index (χ0v) is 12.6. The van der Waals surface area contributed by atoms with Crippen molar-refractivity contribution in [3.8, 4) is 11.1 Å². The first kappa shape index (κ1) is 14.9. The molecule has 0 aliphatic carbocycles. The molecule has 1 heterocycles. The first-order valence-electron chi connectivity index (χ1n) is 5.44. The highest BCUT2D eigenvalue weighted by molar-refractivity contribution is 6.46. The van der Waals surface area contributed by atoms with E-state index in [0.717, 1.165) is 0 Å². The zero-order valence-electron chi connectivity index (χ0n) is 10.3. The Morgan fingerprint density at radius 1 is 1.15 bits per heavy atom. The third-order valence-electron chi connectivity index (χ3n) is 2.63. The van der Waals surface area contributed by atoms with Gasteiger partial charge in [-0.2, -0.15) is 0 Å². The molecule has 0 aliphatic rings. The summed E-state index contributed by atoms with van der Waals surface area (Å²) in [5.41, 5.74) is 6.92. The summed E-state index contributed by atoms with van der Waals surface area (Å²) in [4.78, 5) is 15.4. The molecule has 0 amide bonds. The molecule has 0 radical (unpaired) electrons. The highest BCUT2D eigenvalue weighted by atomic mass is 35.5. The molecule has 20 heavy (non-hydrogen) atoms. The van der Waals surface area contributed by atoms with Gasteiger partial charge < -0.3 is 10.5 Å². The van der Waals surface area contributed by atoms with E-state index in [-0.39, 0.29) is 16.5 Å². The maximum Gasteiger partial charge on any atom is 0.356 e. The van der Waals surface area contributed by atoms with Crippen molar-refractivity contribution in [2.24, 2.45) is 0 Å². The maximum absolute atomic E-state index is 11.4. The second-order valence-electron chi connectivity index (χ2n) is 3.84. The number of hydrogen-bond donors (Lipinski definition) is 1. The van der Waals surface area contributed by atoms with E-state index in [0.29, 0.717) is 21.2 Å². The number of pyridine rings is 1. The zero-order chi connectivity index (χ0) is 14.9. The van der Waals surface area contributed by atoms with Crippen LogP contribution in [0.4, 0.5) is 5.82 Å². The number of aromatic nitrogens is 1. The molecule has 0 atom stereocenters. The number of nitrogens with zero attached hydrogens (tertiary/aromatic N) is 1.